The molecule has 0 aromatic carbocycles. The Bertz CT molecular complexity index is 1430. The van der Waals surface area contributed by atoms with Gasteiger partial charge < -0.3 is 43.1 Å². The Kier molecular flexibility index (Phi) is 9.74. The lowest BCUT2D eigenvalue weighted by atomic mass is 9.98. The van der Waals surface area contributed by atoms with Gasteiger partial charge in [0.1, 0.15) is 23.3 Å². The molecule has 5 rings (SSSR count). The van der Waals surface area contributed by atoms with Crippen molar-refractivity contribution in [3.8, 4) is 0 Å². The Morgan fingerprint density at radius 3 is 2.49 bits per heavy atom. The quantitative estimate of drug-likeness (QED) is 0.0378. The minimum Gasteiger partial charge on any atom is -0.478 e. The summed E-state index contributed by atoms with van der Waals surface area (Å²) in [5, 5.41) is 30.8. The Morgan fingerprint density at radius 2 is 1.98 bits per heavy atom. The van der Waals surface area contributed by atoms with Crippen LogP contribution >= 0.6 is 11.8 Å². The van der Waals surface area contributed by atoms with Crippen LogP contribution in [0.15, 0.2) is 27.5 Å². The number of nitrogens with one attached hydrogen (secondary N) is 3. The largest absolute Gasteiger partial charge is 0.478 e. The maximum Gasteiger partial charge on any atom is 0.362 e. The molecule has 3 aliphatic heterocycles. The number of carbonyl (C=O) groups excluding carboxylic acids is 2. The third-order valence-corrected chi connectivity index (χ3v) is 8.26. The van der Waals surface area contributed by atoms with Gasteiger partial charge in [0.25, 0.3) is 11.8 Å². The summed E-state index contributed by atoms with van der Waals surface area (Å²) in [6.45, 7) is 2.12. The van der Waals surface area contributed by atoms with Crippen LogP contribution < -0.4 is 33.2 Å². The van der Waals surface area contributed by atoms with Crippen molar-refractivity contribution >= 4 is 51.5 Å². The standard InChI is InChI=1S/C17H23N11O8S2.C4H9N/c18-15(19)21-3-7-4-22-27(25-7)5-9-11(13(30)28(9)38(33,34)35)24-12(29)10(8-6-37-16(20)23-8)26-36-17(1-2-17)14(31)32;1-2-4-5-3-1/h4,6,9,11,16,23H,1-3,5,20H2,(H,24,29)(H,31,32)(H4,18,19,21)(H,33,34,35);5H,1-4H2/b26-10-;. The van der Waals surface area contributed by atoms with Gasteiger partial charge in [0, 0.05) is 18.2 Å². The van der Waals surface area contributed by atoms with Crippen LogP contribution in [0.2, 0.25) is 0 Å². The first-order valence-electron chi connectivity index (χ1n) is 12.9. The van der Waals surface area contributed by atoms with Gasteiger partial charge in [-0.2, -0.15) is 23.4 Å². The lowest BCUT2D eigenvalue weighted by Gasteiger charge is -2.43. The molecule has 1 aromatic rings. The van der Waals surface area contributed by atoms with Crippen LogP contribution in [0.4, 0.5) is 0 Å². The summed E-state index contributed by atoms with van der Waals surface area (Å²) < 4.78 is 33.3. The van der Waals surface area contributed by atoms with Crippen molar-refractivity contribution in [3.05, 3.63) is 23.0 Å². The summed E-state index contributed by atoms with van der Waals surface area (Å²) in [5.41, 5.74) is 14.1. The predicted octanol–water partition coefficient (Wildman–Crippen LogP) is -3.67. The van der Waals surface area contributed by atoms with E-state index in [1.165, 1.54) is 37.5 Å². The first-order chi connectivity index (χ1) is 20.3. The highest BCUT2D eigenvalue weighted by atomic mass is 32.2. The van der Waals surface area contributed by atoms with Crippen molar-refractivity contribution in [1.82, 2.24) is 35.2 Å². The number of carboxylic acids is 1. The third-order valence-electron chi connectivity index (χ3n) is 6.53. The Morgan fingerprint density at radius 1 is 1.28 bits per heavy atom. The minimum absolute atomic E-state index is 0.0198. The average Bonchev–Trinajstić information content (AvgIpc) is 3.33. The number of aromatic nitrogens is 3. The molecule has 0 bridgehead atoms. The highest BCUT2D eigenvalue weighted by molar-refractivity contribution is 8.02. The number of hydrogen-bond donors (Lipinski definition) is 8. The molecular formula is C21H32N12O8S2. The summed E-state index contributed by atoms with van der Waals surface area (Å²) in [7, 11) is -5.00. The highest BCUT2D eigenvalue weighted by Crippen LogP contribution is 2.40. The molecule has 1 saturated carbocycles. The second-order valence-corrected chi connectivity index (χ2v) is 12.1. The molecule has 11 N–H and O–H groups in total. The van der Waals surface area contributed by atoms with E-state index in [1.807, 2.05) is 0 Å². The first kappa shape index (κ1) is 31.9. The number of amides is 2. The monoisotopic (exact) mass is 644 g/mol. The number of guanidine groups is 1. The molecule has 20 nitrogen and oxygen atoms in total. The van der Waals surface area contributed by atoms with Crippen molar-refractivity contribution in [1.29, 1.82) is 0 Å². The van der Waals surface area contributed by atoms with Crippen molar-refractivity contribution in [2.45, 2.75) is 62.0 Å². The molecule has 1 aromatic heterocycles. The van der Waals surface area contributed by atoms with Crippen molar-refractivity contribution in [2.75, 3.05) is 13.1 Å². The number of carbonyl (C=O) groups is 3. The summed E-state index contributed by atoms with van der Waals surface area (Å²) >= 11 is 1.10. The van der Waals surface area contributed by atoms with Gasteiger partial charge in [-0.15, -0.1) is 0 Å². The molecule has 3 unspecified atom stereocenters. The van der Waals surface area contributed by atoms with Gasteiger partial charge in [-0.25, -0.2) is 14.1 Å². The van der Waals surface area contributed by atoms with Crippen molar-refractivity contribution < 1.29 is 37.3 Å². The van der Waals surface area contributed by atoms with Crippen LogP contribution in [0.3, 0.4) is 0 Å². The smallest absolute Gasteiger partial charge is 0.362 e. The van der Waals surface area contributed by atoms with E-state index in [9.17, 15) is 32.5 Å². The predicted molar refractivity (Wildman–Crippen MR) is 151 cm³/mol. The summed E-state index contributed by atoms with van der Waals surface area (Å²) in [5.74, 6) is -3.58. The molecule has 2 saturated heterocycles. The molecule has 4 aliphatic rings. The lowest BCUT2D eigenvalue weighted by molar-refractivity contribution is -0.153. The third kappa shape index (κ3) is 7.90. The van der Waals surface area contributed by atoms with E-state index in [-0.39, 0.29) is 41.9 Å². The van der Waals surface area contributed by atoms with Crippen molar-refractivity contribution in [2.24, 2.45) is 27.3 Å². The second kappa shape index (κ2) is 13.1. The van der Waals surface area contributed by atoms with Gasteiger partial charge in [0.2, 0.25) is 5.60 Å². The molecule has 2 amide bonds. The molecule has 43 heavy (non-hydrogen) atoms. The number of thioether (sulfide) groups is 1. The molecule has 0 spiro atoms. The van der Waals surface area contributed by atoms with E-state index >= 15 is 0 Å². The number of oxime groups is 1. The van der Waals surface area contributed by atoms with E-state index in [0.29, 0.717) is 5.69 Å². The van der Waals surface area contributed by atoms with E-state index in [4.69, 9.17) is 22.0 Å². The fourth-order valence-electron chi connectivity index (χ4n) is 4.10. The van der Waals surface area contributed by atoms with Gasteiger partial charge in [-0.05, 0) is 25.9 Å². The molecular weight excluding hydrogens is 612 g/mol. The topological polar surface area (TPSA) is 308 Å². The van der Waals surface area contributed by atoms with Crippen LogP contribution in [0.1, 0.15) is 31.4 Å². The van der Waals surface area contributed by atoms with Crippen LogP contribution in [-0.2, 0) is 42.6 Å². The van der Waals surface area contributed by atoms with Crippen LogP contribution in [0, 0.1) is 0 Å². The maximum atomic E-state index is 13.1. The number of aliphatic imine (C=N–C) groups is 1. The fraction of sp³-hybridized carbons (Fsp3) is 0.571. The minimum atomic E-state index is -5.00. The van der Waals surface area contributed by atoms with Crippen LogP contribution in [-0.4, -0.2) is 103 Å². The number of nitrogens with two attached hydrogens (primary N) is 3. The molecule has 236 valence electrons. The second-order valence-electron chi connectivity index (χ2n) is 9.78. The number of hydrogen-bond acceptors (Lipinski definition) is 14. The van der Waals surface area contributed by atoms with Crippen LogP contribution in [0.25, 0.3) is 0 Å². The molecule has 3 atom stereocenters. The van der Waals surface area contributed by atoms with Gasteiger partial charge >= 0.3 is 16.3 Å². The molecule has 1 aliphatic carbocycles. The lowest BCUT2D eigenvalue weighted by Crippen LogP contribution is -2.73. The Balaban J connectivity index is 0.000000767. The molecule has 4 heterocycles. The number of nitrogens with zero attached hydrogens (tertiary/aromatic N) is 6. The Labute approximate surface area is 249 Å². The van der Waals surface area contributed by atoms with Gasteiger partial charge in [-0.1, -0.05) is 16.9 Å². The van der Waals surface area contributed by atoms with Crippen molar-refractivity contribution in [3.63, 3.8) is 0 Å². The fourth-order valence-corrected chi connectivity index (χ4v) is 5.63. The van der Waals surface area contributed by atoms with Gasteiger partial charge in [0.15, 0.2) is 11.7 Å². The zero-order valence-electron chi connectivity index (χ0n) is 22.6. The number of aliphatic carboxylic acids is 1. The van der Waals surface area contributed by atoms with Gasteiger partial charge in [0.05, 0.1) is 25.0 Å². The SMILES string of the molecule is C1CCNC1.NC(N)=NCc1cnn(CC2C(NC(=O)/C(=N\OC3(C(=O)O)CC3)C3=CSC(N)N3)C(=O)N2S(=O)(=O)O)n1. The normalized spacial score (nSPS) is 24.1. The number of rotatable bonds is 11. The molecule has 22 heteroatoms. The van der Waals surface area contributed by atoms with Crippen LogP contribution in [0.5, 0.6) is 0 Å². The number of β-lactam (4-membered cyclic amide) rings is 1. The molecule has 3 fully saturated rings. The average molecular weight is 645 g/mol. The van der Waals surface area contributed by atoms with E-state index in [1.54, 1.807) is 0 Å². The molecule has 0 radical (unpaired) electrons. The van der Waals surface area contributed by atoms with Gasteiger partial charge in [-0.3, -0.25) is 14.1 Å². The zero-order chi connectivity index (χ0) is 31.4. The van der Waals surface area contributed by atoms with E-state index in [2.05, 4.69) is 36.3 Å². The summed E-state index contributed by atoms with van der Waals surface area (Å²) in [6.07, 6.45) is 4.43. The van der Waals surface area contributed by atoms with E-state index in [0.717, 1.165) is 16.6 Å². The summed E-state index contributed by atoms with van der Waals surface area (Å²) in [6, 6.07) is -2.79. The zero-order valence-corrected chi connectivity index (χ0v) is 24.3. The number of carboxylic acid groups (broad SMARTS) is 1. The van der Waals surface area contributed by atoms with E-state index < -0.39 is 57.0 Å². The summed E-state index contributed by atoms with van der Waals surface area (Å²) in [4.78, 5) is 47.1. The Hall–Kier alpha value is -3.99. The highest BCUT2D eigenvalue weighted by Gasteiger charge is 2.56. The first-order valence-corrected chi connectivity index (χ1v) is 15.3. The maximum absolute atomic E-state index is 13.1.